The first-order chi connectivity index (χ1) is 19.4. The second-order valence-electron chi connectivity index (χ2n) is 12.2. The molecule has 206 valence electrons. The number of amides is 1. The van der Waals surface area contributed by atoms with Crippen LogP contribution in [-0.4, -0.2) is 80.5 Å². The molecular formula is C32H35N5O3. The first-order valence-corrected chi connectivity index (χ1v) is 14.4. The number of carbonyl (C=O) groups is 1. The molecule has 8 nitrogen and oxygen atoms in total. The van der Waals surface area contributed by atoms with Crippen molar-refractivity contribution in [2.24, 2.45) is 0 Å². The van der Waals surface area contributed by atoms with E-state index in [-0.39, 0.29) is 12.5 Å². The number of rotatable bonds is 3. The number of aromatic nitrogens is 2. The van der Waals surface area contributed by atoms with Gasteiger partial charge < -0.3 is 29.6 Å². The third kappa shape index (κ3) is 3.37. The Bertz CT molecular complexity index is 1840. The molecule has 8 rings (SSSR count). The van der Waals surface area contributed by atoms with Crippen molar-refractivity contribution in [1.82, 2.24) is 24.3 Å². The van der Waals surface area contributed by atoms with Gasteiger partial charge in [-0.1, -0.05) is 24.3 Å². The molecule has 1 amide bonds. The van der Waals surface area contributed by atoms with E-state index in [1.165, 1.54) is 18.4 Å². The predicted molar refractivity (Wildman–Crippen MR) is 158 cm³/mol. The van der Waals surface area contributed by atoms with Crippen LogP contribution >= 0.6 is 0 Å². The maximum Gasteiger partial charge on any atom is 0.252 e. The number of aliphatic hydroxyl groups is 2. The van der Waals surface area contributed by atoms with Crippen LogP contribution < -0.4 is 5.32 Å². The number of nitrogens with zero attached hydrogens (tertiary/aromatic N) is 4. The number of hydrogen-bond donors (Lipinski definition) is 3. The van der Waals surface area contributed by atoms with Gasteiger partial charge in [-0.2, -0.15) is 0 Å². The number of carbonyl (C=O) groups excluding carboxylic acids is 1. The first-order valence-electron chi connectivity index (χ1n) is 14.4. The molecule has 5 aromatic rings. The summed E-state index contributed by atoms with van der Waals surface area (Å²) < 4.78 is 4.30. The predicted octanol–water partition coefficient (Wildman–Crippen LogP) is 3.41. The SMILES string of the molecule is CN1CCC(N(C)Cc2ccc3c(c2)c2c4c(c5c6ccccc6n6c5c2n3CC(O)C(O)C6)CNC4=O)CC1. The average molecular weight is 538 g/mol. The fourth-order valence-corrected chi connectivity index (χ4v) is 7.66. The molecule has 1 saturated heterocycles. The van der Waals surface area contributed by atoms with E-state index in [0.717, 1.165) is 74.4 Å². The van der Waals surface area contributed by atoms with E-state index in [4.69, 9.17) is 0 Å². The molecule has 1 fully saturated rings. The normalized spacial score (nSPS) is 22.2. The number of piperidine rings is 1. The lowest BCUT2D eigenvalue weighted by Gasteiger charge is -2.35. The largest absolute Gasteiger partial charge is 0.388 e. The summed E-state index contributed by atoms with van der Waals surface area (Å²) in [6.07, 6.45) is 0.506. The van der Waals surface area contributed by atoms with E-state index in [0.29, 0.717) is 19.1 Å². The molecule has 2 aromatic heterocycles. The number of likely N-dealkylation sites (tertiary alicyclic amines) is 1. The van der Waals surface area contributed by atoms with Gasteiger partial charge in [-0.05, 0) is 69.4 Å². The fourth-order valence-electron chi connectivity index (χ4n) is 7.66. The summed E-state index contributed by atoms with van der Waals surface area (Å²) >= 11 is 0. The Morgan fingerprint density at radius 2 is 1.60 bits per heavy atom. The summed E-state index contributed by atoms with van der Waals surface area (Å²) in [4.78, 5) is 18.3. The van der Waals surface area contributed by atoms with Gasteiger partial charge >= 0.3 is 0 Å². The molecule has 40 heavy (non-hydrogen) atoms. The van der Waals surface area contributed by atoms with Crippen LogP contribution in [0.1, 0.15) is 34.3 Å². The zero-order valence-corrected chi connectivity index (χ0v) is 23.0. The molecule has 3 aromatic carbocycles. The lowest BCUT2D eigenvalue weighted by Crippen LogP contribution is -2.41. The second kappa shape index (κ2) is 8.78. The smallest absolute Gasteiger partial charge is 0.252 e. The van der Waals surface area contributed by atoms with Crippen LogP contribution in [0.15, 0.2) is 42.5 Å². The molecule has 8 heteroatoms. The summed E-state index contributed by atoms with van der Waals surface area (Å²) in [6, 6.07) is 15.4. The van der Waals surface area contributed by atoms with Gasteiger partial charge in [-0.3, -0.25) is 9.69 Å². The zero-order valence-electron chi connectivity index (χ0n) is 23.0. The molecule has 2 unspecified atom stereocenters. The molecule has 3 aliphatic rings. The van der Waals surface area contributed by atoms with Crippen molar-refractivity contribution in [3.8, 4) is 0 Å². The molecule has 0 aliphatic carbocycles. The Hall–Kier alpha value is -3.43. The Balaban J connectivity index is 1.41. The minimum Gasteiger partial charge on any atom is -0.388 e. The number of benzene rings is 3. The van der Waals surface area contributed by atoms with E-state index in [9.17, 15) is 15.0 Å². The number of hydrogen-bond acceptors (Lipinski definition) is 5. The maximum atomic E-state index is 13.5. The quantitative estimate of drug-likeness (QED) is 0.329. The molecule has 5 heterocycles. The van der Waals surface area contributed by atoms with Crippen molar-refractivity contribution in [1.29, 1.82) is 0 Å². The average Bonchev–Trinajstić information content (AvgIpc) is 3.58. The topological polar surface area (TPSA) is 85.9 Å². The summed E-state index contributed by atoms with van der Waals surface area (Å²) in [5, 5.41) is 29.4. The van der Waals surface area contributed by atoms with Crippen molar-refractivity contribution in [3.63, 3.8) is 0 Å². The third-order valence-electron chi connectivity index (χ3n) is 9.76. The molecular weight excluding hydrogens is 502 g/mol. The van der Waals surface area contributed by atoms with Gasteiger partial charge in [0.05, 0.1) is 41.9 Å². The van der Waals surface area contributed by atoms with Crippen molar-refractivity contribution >= 4 is 49.5 Å². The summed E-state index contributed by atoms with van der Waals surface area (Å²) in [7, 11) is 4.41. The number of para-hydroxylation sites is 1. The Morgan fingerprint density at radius 3 is 2.35 bits per heavy atom. The molecule has 0 saturated carbocycles. The van der Waals surface area contributed by atoms with Gasteiger partial charge in [0.15, 0.2) is 0 Å². The Labute approximate surface area is 232 Å². The van der Waals surface area contributed by atoms with E-state index in [2.05, 4.69) is 68.7 Å². The highest BCUT2D eigenvalue weighted by atomic mass is 16.3. The van der Waals surface area contributed by atoms with Crippen LogP contribution in [0.4, 0.5) is 0 Å². The summed E-state index contributed by atoms with van der Waals surface area (Å²) in [6.45, 7) is 4.16. The first kappa shape index (κ1) is 24.4. The molecule has 3 aliphatic heterocycles. The van der Waals surface area contributed by atoms with Gasteiger partial charge in [0.1, 0.15) is 0 Å². The van der Waals surface area contributed by atoms with Crippen molar-refractivity contribution in [2.45, 2.75) is 57.3 Å². The van der Waals surface area contributed by atoms with E-state index >= 15 is 0 Å². The highest BCUT2D eigenvalue weighted by Crippen LogP contribution is 2.46. The number of aliphatic hydroxyl groups excluding tert-OH is 2. The van der Waals surface area contributed by atoms with Gasteiger partial charge in [-0.25, -0.2) is 0 Å². The fraction of sp³-hybridized carbons (Fsp3) is 0.406. The monoisotopic (exact) mass is 537 g/mol. The van der Waals surface area contributed by atoms with Gasteiger partial charge in [0.2, 0.25) is 0 Å². The third-order valence-corrected chi connectivity index (χ3v) is 9.76. The number of fused-ring (bicyclic) bond motifs is 9. The van der Waals surface area contributed by atoms with E-state index in [1.54, 1.807) is 0 Å². The van der Waals surface area contributed by atoms with Gasteiger partial charge in [-0.15, -0.1) is 0 Å². The highest BCUT2D eigenvalue weighted by Gasteiger charge is 2.35. The molecule has 0 bridgehead atoms. The van der Waals surface area contributed by atoms with E-state index in [1.807, 2.05) is 12.1 Å². The van der Waals surface area contributed by atoms with Crippen molar-refractivity contribution in [3.05, 3.63) is 59.2 Å². The van der Waals surface area contributed by atoms with Crippen LogP contribution in [0.25, 0.3) is 43.6 Å². The minimum absolute atomic E-state index is 0.0377. The van der Waals surface area contributed by atoms with Crippen LogP contribution in [0.3, 0.4) is 0 Å². The summed E-state index contributed by atoms with van der Waals surface area (Å²) in [5.74, 6) is -0.0377. The number of nitrogens with one attached hydrogen (secondary N) is 1. The van der Waals surface area contributed by atoms with Crippen LogP contribution in [0.2, 0.25) is 0 Å². The zero-order chi connectivity index (χ0) is 27.3. The highest BCUT2D eigenvalue weighted by molar-refractivity contribution is 6.30. The van der Waals surface area contributed by atoms with Crippen molar-refractivity contribution in [2.75, 3.05) is 27.2 Å². The minimum atomic E-state index is -0.930. The lowest BCUT2D eigenvalue weighted by atomic mass is 9.96. The maximum absolute atomic E-state index is 13.5. The van der Waals surface area contributed by atoms with Crippen molar-refractivity contribution < 1.29 is 15.0 Å². The summed E-state index contributed by atoms with van der Waals surface area (Å²) in [5.41, 5.74) is 7.02. The Morgan fingerprint density at radius 1 is 0.925 bits per heavy atom. The van der Waals surface area contributed by atoms with E-state index < -0.39 is 12.2 Å². The Kier molecular flexibility index (Phi) is 5.35. The molecule has 2 atom stereocenters. The van der Waals surface area contributed by atoms with Crippen LogP contribution in [0, 0.1) is 0 Å². The molecule has 3 N–H and O–H groups in total. The molecule has 0 radical (unpaired) electrons. The van der Waals surface area contributed by atoms with Crippen LogP contribution in [0.5, 0.6) is 0 Å². The standard InChI is InChI=1S/C32H35N5O3/c1-34-11-9-19(10-12-34)35(2)15-18-7-8-24-21(13-18)28-29-22(14-33-32(29)40)27-20-5-3-4-6-23(20)36-16-25(38)26(39)17-37(24)31(28)30(27)36/h3-8,13,19,25-26,38-39H,9-12,14-17H2,1-2H3,(H,33,40). The second-order valence-corrected chi connectivity index (χ2v) is 12.2. The van der Waals surface area contributed by atoms with Gasteiger partial charge in [0, 0.05) is 51.7 Å². The van der Waals surface area contributed by atoms with Gasteiger partial charge in [0.25, 0.3) is 5.91 Å². The molecule has 0 spiro atoms. The lowest BCUT2D eigenvalue weighted by molar-refractivity contribution is 0.00168. The van der Waals surface area contributed by atoms with Crippen LogP contribution in [-0.2, 0) is 26.2 Å².